The number of halogens is 2. The minimum atomic E-state index is -2.97. The molecule has 42 heavy (non-hydrogen) atoms. The van der Waals surface area contributed by atoms with Crippen molar-refractivity contribution in [1.82, 2.24) is 0 Å². The van der Waals surface area contributed by atoms with Crippen LogP contribution < -0.4 is 24.6 Å². The Balaban J connectivity index is 1.30. The number of benzene rings is 3. The summed E-state index contributed by atoms with van der Waals surface area (Å²) in [6, 6.07) is 20.4. The van der Waals surface area contributed by atoms with E-state index in [4.69, 9.17) is 9.47 Å². The predicted molar refractivity (Wildman–Crippen MR) is 160 cm³/mol. The molecule has 3 aromatic rings. The summed E-state index contributed by atoms with van der Waals surface area (Å²) in [7, 11) is 1.56. The molecule has 0 spiro atoms. The van der Waals surface area contributed by atoms with Crippen molar-refractivity contribution in [2.75, 3.05) is 54.3 Å². The highest BCUT2D eigenvalue weighted by Crippen LogP contribution is 2.31. The minimum Gasteiger partial charge on any atom is -0.497 e. The third-order valence-corrected chi connectivity index (χ3v) is 7.37. The van der Waals surface area contributed by atoms with Crippen LogP contribution in [0.15, 0.2) is 83.5 Å². The van der Waals surface area contributed by atoms with Crippen molar-refractivity contribution in [3.05, 3.63) is 84.1 Å². The standard InChI is InChI=1S/C30H28F2N4O5S/c1-39-24-10-2-20(3-11-24)18-26-28(38)36(23-8-12-25(13-9-23)41-29(31)32)30(34-26)42-19-27(37)33-21-4-6-22(7-5-21)35-14-16-40-17-15-35/h2-13,18,29H,14-17,19H2,1H3,(H,33,37). The largest absolute Gasteiger partial charge is 0.497 e. The van der Waals surface area contributed by atoms with E-state index in [9.17, 15) is 18.4 Å². The molecule has 0 aliphatic carbocycles. The van der Waals surface area contributed by atoms with Gasteiger partial charge in [0.1, 0.15) is 17.2 Å². The number of hydrogen-bond donors (Lipinski definition) is 1. The second-order valence-corrected chi connectivity index (χ2v) is 10.1. The number of morpholine rings is 1. The molecule has 0 bridgehead atoms. The summed E-state index contributed by atoms with van der Waals surface area (Å²) in [6.07, 6.45) is 1.63. The van der Waals surface area contributed by atoms with Crippen LogP contribution in [-0.2, 0) is 14.3 Å². The van der Waals surface area contributed by atoms with E-state index in [-0.39, 0.29) is 28.3 Å². The van der Waals surface area contributed by atoms with E-state index < -0.39 is 12.5 Å². The zero-order chi connectivity index (χ0) is 29.5. The van der Waals surface area contributed by atoms with Crippen molar-refractivity contribution in [2.24, 2.45) is 4.99 Å². The van der Waals surface area contributed by atoms with Crippen LogP contribution in [-0.4, -0.2) is 62.8 Å². The number of carbonyl (C=O) groups excluding carboxylic acids is 2. The SMILES string of the molecule is COc1ccc(C=C2N=C(SCC(=O)Nc3ccc(N4CCOCC4)cc3)N(c3ccc(OC(F)F)cc3)C2=O)cc1. The summed E-state index contributed by atoms with van der Waals surface area (Å²) >= 11 is 1.09. The van der Waals surface area contributed by atoms with Gasteiger partial charge in [-0.2, -0.15) is 8.78 Å². The maximum atomic E-state index is 13.4. The number of hydrogen-bond acceptors (Lipinski definition) is 8. The molecule has 2 aliphatic rings. The van der Waals surface area contributed by atoms with Gasteiger partial charge >= 0.3 is 6.61 Å². The first-order chi connectivity index (χ1) is 20.4. The van der Waals surface area contributed by atoms with Gasteiger partial charge < -0.3 is 24.4 Å². The molecule has 218 valence electrons. The molecule has 1 fully saturated rings. The molecule has 0 atom stereocenters. The normalized spacial score (nSPS) is 16.1. The smallest absolute Gasteiger partial charge is 0.387 e. The topological polar surface area (TPSA) is 92.7 Å². The minimum absolute atomic E-state index is 0.0176. The van der Waals surface area contributed by atoms with Crippen LogP contribution in [0.3, 0.4) is 0 Å². The number of carbonyl (C=O) groups is 2. The maximum absolute atomic E-state index is 13.4. The number of nitrogens with zero attached hydrogens (tertiary/aromatic N) is 3. The van der Waals surface area contributed by atoms with Crippen LogP contribution in [0.5, 0.6) is 11.5 Å². The number of alkyl halides is 2. The predicted octanol–water partition coefficient (Wildman–Crippen LogP) is 5.25. The summed E-state index contributed by atoms with van der Waals surface area (Å²) in [4.78, 5) is 34.4. The number of methoxy groups -OCH3 is 1. The molecule has 2 amide bonds. The number of thioether (sulfide) groups is 1. The van der Waals surface area contributed by atoms with Crippen LogP contribution in [0.1, 0.15) is 5.56 Å². The lowest BCUT2D eigenvalue weighted by atomic mass is 10.2. The average molecular weight is 595 g/mol. The van der Waals surface area contributed by atoms with Crippen molar-refractivity contribution < 1.29 is 32.6 Å². The van der Waals surface area contributed by atoms with Gasteiger partial charge in [0.15, 0.2) is 5.17 Å². The Bertz CT molecular complexity index is 1460. The zero-order valence-electron chi connectivity index (χ0n) is 22.7. The van der Waals surface area contributed by atoms with E-state index >= 15 is 0 Å². The van der Waals surface area contributed by atoms with Crippen LogP contribution in [0.25, 0.3) is 6.08 Å². The molecule has 12 heteroatoms. The number of amidine groups is 1. The second-order valence-electron chi connectivity index (χ2n) is 9.19. The molecular formula is C30H28F2N4O5S. The second kappa shape index (κ2) is 13.5. The first-order valence-corrected chi connectivity index (χ1v) is 14.1. The third kappa shape index (κ3) is 7.25. The van der Waals surface area contributed by atoms with Gasteiger partial charge in [-0.1, -0.05) is 23.9 Å². The molecule has 1 saturated heterocycles. The first kappa shape index (κ1) is 29.1. The van der Waals surface area contributed by atoms with E-state index in [1.807, 2.05) is 24.3 Å². The molecule has 9 nitrogen and oxygen atoms in total. The van der Waals surface area contributed by atoms with E-state index in [2.05, 4.69) is 19.9 Å². The number of rotatable bonds is 9. The Morgan fingerprint density at radius 1 is 1.00 bits per heavy atom. The highest BCUT2D eigenvalue weighted by Gasteiger charge is 2.32. The van der Waals surface area contributed by atoms with Gasteiger partial charge in [-0.3, -0.25) is 14.5 Å². The van der Waals surface area contributed by atoms with E-state index in [1.165, 1.54) is 29.2 Å². The van der Waals surface area contributed by atoms with Gasteiger partial charge in [-0.15, -0.1) is 0 Å². The monoisotopic (exact) mass is 594 g/mol. The maximum Gasteiger partial charge on any atom is 0.387 e. The fourth-order valence-corrected chi connectivity index (χ4v) is 5.17. The molecular weight excluding hydrogens is 566 g/mol. The molecule has 0 radical (unpaired) electrons. The van der Waals surface area contributed by atoms with Crippen molar-refractivity contribution in [2.45, 2.75) is 6.61 Å². The first-order valence-electron chi connectivity index (χ1n) is 13.1. The van der Waals surface area contributed by atoms with Gasteiger partial charge in [0, 0.05) is 24.5 Å². The lowest BCUT2D eigenvalue weighted by Crippen LogP contribution is -2.36. The number of ether oxygens (including phenoxy) is 3. The summed E-state index contributed by atoms with van der Waals surface area (Å²) in [6.45, 7) is 0.0330. The van der Waals surface area contributed by atoms with Crippen molar-refractivity contribution in [3.63, 3.8) is 0 Å². The summed E-state index contributed by atoms with van der Waals surface area (Å²) in [5, 5.41) is 3.15. The van der Waals surface area contributed by atoms with Crippen LogP contribution in [0.2, 0.25) is 0 Å². The van der Waals surface area contributed by atoms with Crippen LogP contribution in [0, 0.1) is 0 Å². The quantitative estimate of drug-likeness (QED) is 0.339. The summed E-state index contributed by atoms with van der Waals surface area (Å²) < 4.78 is 40.3. The summed E-state index contributed by atoms with van der Waals surface area (Å²) in [5.41, 5.74) is 2.99. The molecule has 0 aromatic heterocycles. The number of nitrogens with one attached hydrogen (secondary N) is 1. The van der Waals surface area contributed by atoms with Crippen molar-refractivity contribution in [3.8, 4) is 11.5 Å². The van der Waals surface area contributed by atoms with Crippen molar-refractivity contribution >= 4 is 51.9 Å². The van der Waals surface area contributed by atoms with Gasteiger partial charge in [-0.25, -0.2) is 4.99 Å². The number of aliphatic imine (C=N–C) groups is 1. The molecule has 2 aliphatic heterocycles. The van der Waals surface area contributed by atoms with E-state index in [1.54, 1.807) is 37.5 Å². The Hall–Kier alpha value is -4.42. The summed E-state index contributed by atoms with van der Waals surface area (Å²) in [5.74, 6) is -0.0860. The molecule has 5 rings (SSSR count). The van der Waals surface area contributed by atoms with Crippen LogP contribution >= 0.6 is 11.8 Å². The van der Waals surface area contributed by atoms with E-state index in [0.717, 1.165) is 36.1 Å². The van der Waals surface area contributed by atoms with Gasteiger partial charge in [0.05, 0.1) is 31.8 Å². The van der Waals surface area contributed by atoms with Crippen LogP contribution in [0.4, 0.5) is 25.8 Å². The molecule has 1 N–H and O–H groups in total. The van der Waals surface area contributed by atoms with Gasteiger partial charge in [0.2, 0.25) is 5.91 Å². The third-order valence-electron chi connectivity index (χ3n) is 6.43. The Morgan fingerprint density at radius 2 is 1.64 bits per heavy atom. The van der Waals surface area contributed by atoms with Crippen molar-refractivity contribution in [1.29, 1.82) is 0 Å². The Morgan fingerprint density at radius 3 is 2.29 bits per heavy atom. The Kier molecular flexibility index (Phi) is 9.35. The Labute approximate surface area is 245 Å². The molecule has 3 aromatic carbocycles. The lowest BCUT2D eigenvalue weighted by Gasteiger charge is -2.28. The molecule has 0 saturated carbocycles. The molecule has 2 heterocycles. The number of amides is 2. The van der Waals surface area contributed by atoms with E-state index in [0.29, 0.717) is 30.3 Å². The number of anilines is 3. The molecule has 0 unspecified atom stereocenters. The highest BCUT2D eigenvalue weighted by atomic mass is 32.2. The lowest BCUT2D eigenvalue weighted by molar-refractivity contribution is -0.114. The fourth-order valence-electron chi connectivity index (χ4n) is 4.36. The average Bonchev–Trinajstić information content (AvgIpc) is 3.31. The zero-order valence-corrected chi connectivity index (χ0v) is 23.5. The van der Waals surface area contributed by atoms with Gasteiger partial charge in [0.25, 0.3) is 5.91 Å². The fraction of sp³-hybridized carbons (Fsp3) is 0.233. The highest BCUT2D eigenvalue weighted by molar-refractivity contribution is 8.14. The van der Waals surface area contributed by atoms with Gasteiger partial charge in [-0.05, 0) is 72.3 Å².